The Labute approximate surface area is 233 Å². The first-order valence-electron chi connectivity index (χ1n) is 12.8. The Kier molecular flexibility index (Phi) is 6.04. The van der Waals surface area contributed by atoms with Crippen molar-refractivity contribution in [2.24, 2.45) is 0 Å². The molecule has 5 amide bonds. The number of anilines is 1. The van der Waals surface area contributed by atoms with E-state index >= 15 is 0 Å². The molecule has 5 N–H and O–H groups in total. The lowest BCUT2D eigenvalue weighted by Crippen LogP contribution is -2.76. The molecule has 0 spiro atoms. The van der Waals surface area contributed by atoms with Gasteiger partial charge in [0.1, 0.15) is 17.5 Å². The topological polar surface area (TPSA) is 160 Å². The zero-order chi connectivity index (χ0) is 28.4. The third-order valence-electron chi connectivity index (χ3n) is 7.91. The van der Waals surface area contributed by atoms with Crippen LogP contribution in [-0.4, -0.2) is 79.0 Å². The number of carboxylic acid groups (broad SMARTS) is 1. The highest BCUT2D eigenvalue weighted by Crippen LogP contribution is 2.50. The number of thioether (sulfide) groups is 1. The van der Waals surface area contributed by atoms with Crippen LogP contribution in [0.3, 0.4) is 0 Å². The predicted octanol–water partition coefficient (Wildman–Crippen LogP) is 0.823. The lowest BCUT2D eigenvalue weighted by Gasteiger charge is -2.52. The molecule has 0 aromatic heterocycles. The molecule has 13 heteroatoms. The van der Waals surface area contributed by atoms with E-state index in [1.165, 1.54) is 21.7 Å². The fraction of sp³-hybridized carbons (Fsp3) is 0.370. The van der Waals surface area contributed by atoms with Gasteiger partial charge in [0.05, 0.1) is 19.0 Å². The molecule has 208 valence electrons. The van der Waals surface area contributed by atoms with E-state index in [4.69, 9.17) is 0 Å². The van der Waals surface area contributed by atoms with E-state index in [1.807, 2.05) is 30.3 Å². The van der Waals surface area contributed by atoms with Crippen molar-refractivity contribution in [1.82, 2.24) is 26.0 Å². The van der Waals surface area contributed by atoms with Gasteiger partial charge in [-0.05, 0) is 37.1 Å². The number of carboxylic acids is 1. The maximum Gasteiger partial charge on any atom is 0.333 e. The minimum absolute atomic E-state index is 0.0395. The van der Waals surface area contributed by atoms with Crippen LogP contribution in [0.1, 0.15) is 31.0 Å². The molecule has 0 radical (unpaired) electrons. The molecule has 40 heavy (non-hydrogen) atoms. The first-order valence-corrected chi connectivity index (χ1v) is 13.7. The van der Waals surface area contributed by atoms with E-state index in [0.29, 0.717) is 11.3 Å². The number of amides is 5. The summed E-state index contributed by atoms with van der Waals surface area (Å²) < 4.78 is -0.678. The average molecular weight is 565 g/mol. The SMILES string of the molecule is CC1(C)S[C@@H]2[C@H](NC(=O)Cc3cccc(NC(=O)C45CNC(=O)N4NC5c4ccccc4)c3)C(=O)N2[C@H]1C(=O)O. The van der Waals surface area contributed by atoms with Crippen molar-refractivity contribution in [2.45, 2.75) is 54.1 Å². The first kappa shape index (κ1) is 26.1. The smallest absolute Gasteiger partial charge is 0.333 e. The molecule has 0 aliphatic carbocycles. The van der Waals surface area contributed by atoms with Crippen LogP contribution in [0.2, 0.25) is 0 Å². The number of nitrogens with zero attached hydrogens (tertiary/aromatic N) is 2. The molecule has 5 atom stereocenters. The van der Waals surface area contributed by atoms with Crippen LogP contribution in [0.5, 0.6) is 0 Å². The Balaban J connectivity index is 1.12. The molecule has 2 aromatic carbocycles. The Morgan fingerprint density at radius 2 is 1.85 bits per heavy atom. The standard InChI is InChI=1S/C27H28N6O6S/c1-26(2)20(23(36)37)32-21(35)18(22(32)40-26)30-17(34)12-14-7-6-10-16(11-14)29-24(38)27-13-28-25(39)33(27)31-19(27)15-8-4-3-5-9-15/h3-11,18-20,22,31H,12-13H2,1-2H3,(H,28,39)(H,29,38)(H,30,34)(H,36,37)/t18-,19?,20+,22-,27?/m1/s1. The quantitative estimate of drug-likeness (QED) is 0.309. The lowest BCUT2D eigenvalue weighted by atomic mass is 9.81. The monoisotopic (exact) mass is 564 g/mol. The summed E-state index contributed by atoms with van der Waals surface area (Å²) in [5, 5.41) is 18.8. The van der Waals surface area contributed by atoms with Gasteiger partial charge in [0.2, 0.25) is 11.8 Å². The number of hydrogen-bond donors (Lipinski definition) is 5. The van der Waals surface area contributed by atoms with Crippen LogP contribution in [0.15, 0.2) is 54.6 Å². The highest BCUT2D eigenvalue weighted by Gasteiger charge is 2.66. The number of hydrazine groups is 1. The molecule has 4 heterocycles. The minimum Gasteiger partial charge on any atom is -0.480 e. The van der Waals surface area contributed by atoms with E-state index in [0.717, 1.165) is 5.56 Å². The lowest BCUT2D eigenvalue weighted by molar-refractivity contribution is -0.161. The van der Waals surface area contributed by atoms with E-state index in [9.17, 15) is 29.1 Å². The van der Waals surface area contributed by atoms with Crippen molar-refractivity contribution in [3.8, 4) is 0 Å². The third kappa shape index (κ3) is 3.91. The Morgan fingerprint density at radius 3 is 2.55 bits per heavy atom. The van der Waals surface area contributed by atoms with Gasteiger partial charge in [-0.25, -0.2) is 20.0 Å². The molecule has 0 bridgehead atoms. The largest absolute Gasteiger partial charge is 0.480 e. The molecule has 2 aromatic rings. The molecule has 2 unspecified atom stereocenters. The van der Waals surface area contributed by atoms with Gasteiger partial charge in [-0.15, -0.1) is 11.8 Å². The van der Waals surface area contributed by atoms with Crippen LogP contribution < -0.4 is 21.4 Å². The number of carbonyl (C=O) groups is 5. The summed E-state index contributed by atoms with van der Waals surface area (Å²) in [5.74, 6) is -2.23. The molecule has 6 rings (SSSR count). The van der Waals surface area contributed by atoms with Crippen LogP contribution in [0, 0.1) is 0 Å². The van der Waals surface area contributed by atoms with Gasteiger partial charge in [-0.3, -0.25) is 14.4 Å². The van der Waals surface area contributed by atoms with Crippen molar-refractivity contribution in [2.75, 3.05) is 11.9 Å². The number of fused-ring (bicyclic) bond motifs is 2. The molecule has 0 saturated carbocycles. The van der Waals surface area contributed by atoms with Crippen molar-refractivity contribution < 1.29 is 29.1 Å². The van der Waals surface area contributed by atoms with E-state index in [1.54, 1.807) is 38.1 Å². The summed E-state index contributed by atoms with van der Waals surface area (Å²) in [5.41, 5.74) is 3.86. The normalized spacial score (nSPS) is 29.4. The van der Waals surface area contributed by atoms with Crippen molar-refractivity contribution in [3.63, 3.8) is 0 Å². The van der Waals surface area contributed by atoms with E-state index in [2.05, 4.69) is 21.4 Å². The van der Waals surface area contributed by atoms with Crippen LogP contribution >= 0.6 is 11.8 Å². The van der Waals surface area contributed by atoms with E-state index < -0.39 is 45.7 Å². The minimum atomic E-state index is -1.15. The Morgan fingerprint density at radius 1 is 1.10 bits per heavy atom. The van der Waals surface area contributed by atoms with Crippen LogP contribution in [0.4, 0.5) is 10.5 Å². The Bertz CT molecular complexity index is 1440. The van der Waals surface area contributed by atoms with Crippen molar-refractivity contribution in [3.05, 3.63) is 65.7 Å². The summed E-state index contributed by atoms with van der Waals surface area (Å²) in [6.07, 6.45) is -0.0395. The second kappa shape index (κ2) is 9.24. The van der Waals surface area contributed by atoms with Crippen molar-refractivity contribution >= 4 is 47.2 Å². The maximum absolute atomic E-state index is 13.6. The maximum atomic E-state index is 13.6. The zero-order valence-electron chi connectivity index (χ0n) is 21.7. The highest BCUT2D eigenvalue weighted by molar-refractivity contribution is 8.01. The van der Waals surface area contributed by atoms with Gasteiger partial charge in [0, 0.05) is 10.4 Å². The number of β-lactam (4-membered cyclic amide) rings is 1. The second-order valence-electron chi connectivity index (χ2n) is 10.9. The Hall–Kier alpha value is -4.10. The van der Waals surface area contributed by atoms with Gasteiger partial charge in [-0.2, -0.15) is 0 Å². The number of urea groups is 1. The number of benzene rings is 2. The molecule has 4 saturated heterocycles. The fourth-order valence-electron chi connectivity index (χ4n) is 5.99. The van der Waals surface area contributed by atoms with Gasteiger partial charge in [0.15, 0.2) is 5.54 Å². The number of aliphatic carboxylic acids is 1. The number of hydrogen-bond acceptors (Lipinski definition) is 7. The summed E-state index contributed by atoms with van der Waals surface area (Å²) in [6.45, 7) is 3.69. The molecule has 12 nitrogen and oxygen atoms in total. The summed E-state index contributed by atoms with van der Waals surface area (Å²) in [7, 11) is 0. The average Bonchev–Trinajstić information content (AvgIpc) is 3.30. The summed E-state index contributed by atoms with van der Waals surface area (Å²) in [6, 6.07) is 13.7. The second-order valence-corrected chi connectivity index (χ2v) is 12.6. The molecular weight excluding hydrogens is 536 g/mol. The van der Waals surface area contributed by atoms with Gasteiger partial charge in [0.25, 0.3) is 5.91 Å². The number of rotatable bonds is 7. The number of nitrogens with one attached hydrogen (secondary N) is 4. The summed E-state index contributed by atoms with van der Waals surface area (Å²) in [4.78, 5) is 64.5. The van der Waals surface area contributed by atoms with Crippen LogP contribution in [-0.2, 0) is 25.6 Å². The number of carbonyl (C=O) groups excluding carboxylic acids is 4. The van der Waals surface area contributed by atoms with E-state index in [-0.39, 0.29) is 30.8 Å². The van der Waals surface area contributed by atoms with Gasteiger partial charge in [-0.1, -0.05) is 42.5 Å². The molecule has 4 fully saturated rings. The van der Waals surface area contributed by atoms with Crippen LogP contribution in [0.25, 0.3) is 0 Å². The third-order valence-corrected chi connectivity index (χ3v) is 9.49. The summed E-state index contributed by atoms with van der Waals surface area (Å²) >= 11 is 1.36. The zero-order valence-corrected chi connectivity index (χ0v) is 22.5. The molecular formula is C27H28N6O6S. The predicted molar refractivity (Wildman–Crippen MR) is 145 cm³/mol. The first-order chi connectivity index (χ1) is 19.0. The van der Waals surface area contributed by atoms with Gasteiger partial charge < -0.3 is 26.0 Å². The highest BCUT2D eigenvalue weighted by atomic mass is 32.2. The fourth-order valence-corrected chi connectivity index (χ4v) is 7.61. The van der Waals surface area contributed by atoms with Crippen molar-refractivity contribution in [1.29, 1.82) is 0 Å². The molecule has 4 aliphatic heterocycles. The van der Waals surface area contributed by atoms with Gasteiger partial charge >= 0.3 is 12.0 Å². The molecule has 4 aliphatic rings.